The number of fused-ring (bicyclic) bond motifs is 2. The molecule has 160 valence electrons. The molecule has 0 unspecified atom stereocenters. The maximum absolute atomic E-state index is 13.0. The third kappa shape index (κ3) is 3.23. The van der Waals surface area contributed by atoms with Gasteiger partial charge in [0.25, 0.3) is 5.89 Å². The van der Waals surface area contributed by atoms with Crippen molar-refractivity contribution < 1.29 is 27.2 Å². The molecule has 1 saturated carbocycles. The fourth-order valence-corrected chi connectivity index (χ4v) is 4.93. The van der Waals surface area contributed by atoms with Gasteiger partial charge in [-0.3, -0.25) is 0 Å². The lowest BCUT2D eigenvalue weighted by molar-refractivity contribution is -0.156. The van der Waals surface area contributed by atoms with Gasteiger partial charge in [0.15, 0.2) is 0 Å². The standard InChI is InChI=1S/C20H21F3N4O3/c1-29-9-15-25-18(26-30-15)11-2-4-12-10(8-11)3-5-14(12)24-19(28)27-7-6-13-16(17(13)27)20(21,22)23/h2,4,8,13-14,16-17H,3,5-7,9H2,1H3,(H,24,28)/t13-,14-,16-,17-/m1/s1. The minimum Gasteiger partial charge on any atom is -0.375 e. The highest BCUT2D eigenvalue weighted by molar-refractivity contribution is 5.76. The van der Waals surface area contributed by atoms with E-state index in [0.29, 0.717) is 31.1 Å². The molecule has 0 bridgehead atoms. The summed E-state index contributed by atoms with van der Waals surface area (Å²) in [5, 5.41) is 6.90. The minimum absolute atomic E-state index is 0.210. The second-order valence-electron chi connectivity index (χ2n) is 8.10. The van der Waals surface area contributed by atoms with Crippen LogP contribution in [-0.4, -0.2) is 46.9 Å². The molecule has 3 aliphatic rings. The van der Waals surface area contributed by atoms with E-state index >= 15 is 0 Å². The molecule has 5 rings (SSSR count). The summed E-state index contributed by atoms with van der Waals surface area (Å²) in [5.41, 5.74) is 2.85. The van der Waals surface area contributed by atoms with Crippen LogP contribution in [0.25, 0.3) is 11.4 Å². The van der Waals surface area contributed by atoms with Crippen LogP contribution in [0.15, 0.2) is 22.7 Å². The van der Waals surface area contributed by atoms with Gasteiger partial charge in [-0.05, 0) is 42.4 Å². The number of nitrogens with zero attached hydrogens (tertiary/aromatic N) is 3. The van der Waals surface area contributed by atoms with Gasteiger partial charge in [0.2, 0.25) is 5.82 Å². The van der Waals surface area contributed by atoms with Gasteiger partial charge in [0.05, 0.1) is 12.0 Å². The lowest BCUT2D eigenvalue weighted by atomic mass is 10.0. The number of carbonyl (C=O) groups excluding carboxylic acids is 1. The van der Waals surface area contributed by atoms with E-state index in [1.807, 2.05) is 18.2 Å². The Morgan fingerprint density at radius 1 is 1.37 bits per heavy atom. The summed E-state index contributed by atoms with van der Waals surface area (Å²) in [6.07, 6.45) is -2.35. The molecule has 1 aliphatic heterocycles. The van der Waals surface area contributed by atoms with Crippen LogP contribution in [0.5, 0.6) is 0 Å². The smallest absolute Gasteiger partial charge is 0.375 e. The van der Waals surface area contributed by atoms with Gasteiger partial charge in [-0.1, -0.05) is 17.3 Å². The molecule has 2 fully saturated rings. The van der Waals surface area contributed by atoms with E-state index in [-0.39, 0.29) is 12.6 Å². The van der Waals surface area contributed by atoms with Crippen molar-refractivity contribution in [3.63, 3.8) is 0 Å². The zero-order valence-electron chi connectivity index (χ0n) is 16.3. The van der Waals surface area contributed by atoms with Crippen LogP contribution in [0, 0.1) is 11.8 Å². The average molecular weight is 422 g/mol. The first-order valence-corrected chi connectivity index (χ1v) is 9.95. The van der Waals surface area contributed by atoms with E-state index in [1.165, 1.54) is 4.90 Å². The summed E-state index contributed by atoms with van der Waals surface area (Å²) < 4.78 is 49.2. The predicted molar refractivity (Wildman–Crippen MR) is 98.2 cm³/mol. The topological polar surface area (TPSA) is 80.5 Å². The Hall–Kier alpha value is -2.62. The van der Waals surface area contributed by atoms with Crippen LogP contribution in [0.3, 0.4) is 0 Å². The number of urea groups is 1. The number of halogens is 3. The van der Waals surface area contributed by atoms with Crippen molar-refractivity contribution in [3.05, 3.63) is 35.2 Å². The number of amides is 2. The van der Waals surface area contributed by atoms with Crippen molar-refractivity contribution in [2.45, 2.75) is 44.1 Å². The zero-order valence-corrected chi connectivity index (χ0v) is 16.3. The Bertz CT molecular complexity index is 976. The number of ether oxygens (including phenoxy) is 1. The van der Waals surface area contributed by atoms with E-state index in [2.05, 4.69) is 15.5 Å². The molecule has 1 N–H and O–H groups in total. The first kappa shape index (κ1) is 19.3. The number of likely N-dealkylation sites (tertiary alicyclic amines) is 1. The molecule has 10 heteroatoms. The third-order valence-corrected chi connectivity index (χ3v) is 6.34. The molecule has 0 radical (unpaired) electrons. The summed E-state index contributed by atoms with van der Waals surface area (Å²) >= 11 is 0. The van der Waals surface area contributed by atoms with Crippen molar-refractivity contribution >= 4 is 6.03 Å². The van der Waals surface area contributed by atoms with Crippen LogP contribution in [0.4, 0.5) is 18.0 Å². The van der Waals surface area contributed by atoms with Crippen LogP contribution in [0.2, 0.25) is 0 Å². The van der Waals surface area contributed by atoms with Crippen LogP contribution >= 0.6 is 0 Å². The highest BCUT2D eigenvalue weighted by Crippen LogP contribution is 2.58. The van der Waals surface area contributed by atoms with Crippen molar-refractivity contribution in [3.8, 4) is 11.4 Å². The van der Waals surface area contributed by atoms with Crippen LogP contribution < -0.4 is 5.32 Å². The zero-order chi connectivity index (χ0) is 21.0. The molecule has 1 saturated heterocycles. The molecular formula is C20H21F3N4O3. The van der Waals surface area contributed by atoms with E-state index < -0.39 is 30.1 Å². The fourth-order valence-electron chi connectivity index (χ4n) is 4.93. The van der Waals surface area contributed by atoms with Gasteiger partial charge >= 0.3 is 12.2 Å². The molecule has 30 heavy (non-hydrogen) atoms. The summed E-state index contributed by atoms with van der Waals surface area (Å²) in [6.45, 7) is 0.619. The number of rotatable bonds is 4. The SMILES string of the molecule is COCc1nc(-c2ccc3c(c2)CC[C@H]3NC(=O)N2CC[C@H]3[C@@H]2[C@@H]3C(F)(F)F)no1. The molecule has 2 heterocycles. The second kappa shape index (κ2) is 6.97. The minimum atomic E-state index is -4.23. The Balaban J connectivity index is 1.27. The average Bonchev–Trinajstić information content (AvgIpc) is 3.07. The molecule has 1 aromatic carbocycles. The fraction of sp³-hybridized carbons (Fsp3) is 0.550. The third-order valence-electron chi connectivity index (χ3n) is 6.34. The Morgan fingerprint density at radius 2 is 2.20 bits per heavy atom. The predicted octanol–water partition coefficient (Wildman–Crippen LogP) is 3.46. The monoisotopic (exact) mass is 422 g/mol. The quantitative estimate of drug-likeness (QED) is 0.816. The van der Waals surface area contributed by atoms with Crippen LogP contribution in [-0.2, 0) is 17.8 Å². The normalized spacial score (nSPS) is 27.1. The molecule has 2 aromatic rings. The molecule has 2 amide bonds. The molecule has 7 nitrogen and oxygen atoms in total. The highest BCUT2D eigenvalue weighted by Gasteiger charge is 2.69. The summed E-state index contributed by atoms with van der Waals surface area (Å²) in [5.74, 6) is -0.952. The summed E-state index contributed by atoms with van der Waals surface area (Å²) in [4.78, 5) is 18.3. The molecular weight excluding hydrogens is 401 g/mol. The Kier molecular flexibility index (Phi) is 4.49. The van der Waals surface area contributed by atoms with E-state index in [0.717, 1.165) is 23.1 Å². The number of benzene rings is 1. The number of methoxy groups -OCH3 is 1. The Morgan fingerprint density at radius 3 is 2.93 bits per heavy atom. The second-order valence-corrected chi connectivity index (χ2v) is 8.10. The lowest BCUT2D eigenvalue weighted by Gasteiger charge is -2.24. The van der Waals surface area contributed by atoms with Crippen LogP contribution in [0.1, 0.15) is 35.9 Å². The number of aromatic nitrogens is 2. The van der Waals surface area contributed by atoms with E-state index in [9.17, 15) is 18.0 Å². The van der Waals surface area contributed by atoms with Crippen molar-refractivity contribution in [2.75, 3.05) is 13.7 Å². The largest absolute Gasteiger partial charge is 0.394 e. The number of hydrogen-bond donors (Lipinski definition) is 1. The van der Waals surface area contributed by atoms with Gasteiger partial charge in [0.1, 0.15) is 6.61 Å². The summed E-state index contributed by atoms with van der Waals surface area (Å²) in [7, 11) is 1.54. The van der Waals surface area contributed by atoms with Gasteiger partial charge in [-0.15, -0.1) is 0 Å². The van der Waals surface area contributed by atoms with Crippen molar-refractivity contribution in [2.24, 2.45) is 11.8 Å². The van der Waals surface area contributed by atoms with E-state index in [1.54, 1.807) is 7.11 Å². The van der Waals surface area contributed by atoms with Gasteiger partial charge in [0, 0.05) is 25.3 Å². The van der Waals surface area contributed by atoms with Gasteiger partial charge in [-0.25, -0.2) is 4.79 Å². The number of alkyl halides is 3. The molecule has 0 spiro atoms. The van der Waals surface area contributed by atoms with Crippen molar-refractivity contribution in [1.82, 2.24) is 20.4 Å². The number of aryl methyl sites for hydroxylation is 1. The van der Waals surface area contributed by atoms with E-state index in [4.69, 9.17) is 9.26 Å². The molecule has 2 aliphatic carbocycles. The molecule has 4 atom stereocenters. The lowest BCUT2D eigenvalue weighted by Crippen LogP contribution is -2.43. The maximum Gasteiger partial charge on any atom is 0.394 e. The van der Waals surface area contributed by atoms with Crippen molar-refractivity contribution in [1.29, 1.82) is 0 Å². The first-order chi connectivity index (χ1) is 14.4. The number of hydrogen-bond acceptors (Lipinski definition) is 5. The maximum atomic E-state index is 13.0. The first-order valence-electron chi connectivity index (χ1n) is 9.95. The summed E-state index contributed by atoms with van der Waals surface area (Å²) in [6, 6.07) is 4.42. The molecule has 1 aromatic heterocycles. The number of carbonyl (C=O) groups is 1. The number of piperidine rings is 1. The van der Waals surface area contributed by atoms with Gasteiger partial charge in [-0.2, -0.15) is 18.2 Å². The number of nitrogens with one attached hydrogen (secondary N) is 1. The highest BCUT2D eigenvalue weighted by atomic mass is 19.4. The Labute approximate surface area is 170 Å². The van der Waals surface area contributed by atoms with Gasteiger partial charge < -0.3 is 19.5 Å².